The lowest BCUT2D eigenvalue weighted by molar-refractivity contribution is -0.125. The quantitative estimate of drug-likeness (QED) is 0.937. The average molecular weight is 330 g/mol. The molecule has 24 heavy (non-hydrogen) atoms. The van der Waals surface area contributed by atoms with E-state index in [0.29, 0.717) is 13.0 Å². The van der Waals surface area contributed by atoms with Crippen molar-refractivity contribution in [1.82, 2.24) is 10.2 Å². The minimum atomic E-state index is -0.509. The zero-order chi connectivity index (χ0) is 17.1. The minimum Gasteiger partial charge on any atom is -0.459 e. The van der Waals surface area contributed by atoms with Crippen molar-refractivity contribution in [1.29, 1.82) is 0 Å². The van der Waals surface area contributed by atoms with E-state index < -0.39 is 6.04 Å². The van der Waals surface area contributed by atoms with E-state index in [1.54, 1.807) is 29.2 Å². The Morgan fingerprint density at radius 1 is 1.29 bits per heavy atom. The number of rotatable bonds is 4. The molecule has 126 valence electrons. The maximum Gasteiger partial charge on any atom is 0.290 e. The summed E-state index contributed by atoms with van der Waals surface area (Å²) >= 11 is 0. The number of hydrogen-bond acceptors (Lipinski definition) is 3. The van der Waals surface area contributed by atoms with Crippen molar-refractivity contribution >= 4 is 11.8 Å². The second-order valence-electron chi connectivity index (χ2n) is 5.92. The summed E-state index contributed by atoms with van der Waals surface area (Å²) in [5.74, 6) is -0.555. The Morgan fingerprint density at radius 3 is 2.71 bits per heavy atom. The van der Waals surface area contributed by atoms with Crippen molar-refractivity contribution in [2.24, 2.45) is 0 Å². The van der Waals surface area contributed by atoms with Gasteiger partial charge in [-0.1, -0.05) is 12.1 Å². The van der Waals surface area contributed by atoms with Gasteiger partial charge in [-0.25, -0.2) is 4.39 Å². The van der Waals surface area contributed by atoms with Gasteiger partial charge in [0.15, 0.2) is 5.76 Å². The SMILES string of the molecule is CC(NC(=O)C1CCCN1C(=O)c1ccco1)c1ccc(F)cc1. The van der Waals surface area contributed by atoms with Crippen LogP contribution in [-0.2, 0) is 4.79 Å². The number of amides is 2. The van der Waals surface area contributed by atoms with Crippen molar-refractivity contribution in [3.63, 3.8) is 0 Å². The first-order valence-corrected chi connectivity index (χ1v) is 7.96. The van der Waals surface area contributed by atoms with Gasteiger partial charge in [0.2, 0.25) is 5.91 Å². The Hall–Kier alpha value is -2.63. The summed E-state index contributed by atoms with van der Waals surface area (Å²) in [5, 5.41) is 2.90. The van der Waals surface area contributed by atoms with Gasteiger partial charge in [0.1, 0.15) is 11.9 Å². The van der Waals surface area contributed by atoms with Crippen molar-refractivity contribution in [3.8, 4) is 0 Å². The Labute approximate surface area is 139 Å². The van der Waals surface area contributed by atoms with Gasteiger partial charge in [0.25, 0.3) is 5.91 Å². The molecule has 1 aromatic carbocycles. The molecular weight excluding hydrogens is 311 g/mol. The summed E-state index contributed by atoms with van der Waals surface area (Å²) < 4.78 is 18.1. The average Bonchev–Trinajstić information content (AvgIpc) is 3.26. The largest absolute Gasteiger partial charge is 0.459 e. The third kappa shape index (κ3) is 3.32. The Bertz CT molecular complexity index is 712. The van der Waals surface area contributed by atoms with E-state index in [0.717, 1.165) is 12.0 Å². The Morgan fingerprint density at radius 2 is 2.04 bits per heavy atom. The number of halogens is 1. The zero-order valence-electron chi connectivity index (χ0n) is 13.4. The lowest BCUT2D eigenvalue weighted by Crippen LogP contribution is -2.46. The van der Waals surface area contributed by atoms with Crippen LogP contribution in [0.15, 0.2) is 47.1 Å². The van der Waals surface area contributed by atoms with Gasteiger partial charge in [0, 0.05) is 6.54 Å². The van der Waals surface area contributed by atoms with Crippen molar-refractivity contribution < 1.29 is 18.4 Å². The molecule has 0 saturated carbocycles. The minimum absolute atomic E-state index is 0.204. The maximum absolute atomic E-state index is 13.0. The van der Waals surface area contributed by atoms with Crippen LogP contribution in [0.5, 0.6) is 0 Å². The number of nitrogens with one attached hydrogen (secondary N) is 1. The molecule has 0 radical (unpaired) electrons. The molecule has 0 spiro atoms. The van der Waals surface area contributed by atoms with E-state index in [-0.39, 0.29) is 29.4 Å². The lowest BCUT2D eigenvalue weighted by atomic mass is 10.1. The molecule has 2 unspecified atom stereocenters. The molecule has 2 amide bonds. The molecule has 5 nitrogen and oxygen atoms in total. The summed E-state index contributed by atoms with van der Waals surface area (Å²) in [5.41, 5.74) is 0.812. The second kappa shape index (κ2) is 6.86. The fourth-order valence-corrected chi connectivity index (χ4v) is 2.97. The van der Waals surface area contributed by atoms with Gasteiger partial charge < -0.3 is 14.6 Å². The molecule has 3 rings (SSSR count). The monoisotopic (exact) mass is 330 g/mol. The van der Waals surface area contributed by atoms with E-state index in [9.17, 15) is 14.0 Å². The van der Waals surface area contributed by atoms with Crippen molar-refractivity contribution in [2.75, 3.05) is 6.54 Å². The molecule has 1 aromatic heterocycles. The van der Waals surface area contributed by atoms with Crippen LogP contribution in [0.4, 0.5) is 4.39 Å². The molecule has 0 bridgehead atoms. The third-order valence-corrected chi connectivity index (χ3v) is 4.28. The third-order valence-electron chi connectivity index (χ3n) is 4.28. The summed E-state index contributed by atoms with van der Waals surface area (Å²) in [6.45, 7) is 2.36. The van der Waals surface area contributed by atoms with Crippen LogP contribution in [0.3, 0.4) is 0 Å². The molecule has 2 aromatic rings. The van der Waals surface area contributed by atoms with E-state index in [4.69, 9.17) is 4.42 Å². The zero-order valence-corrected chi connectivity index (χ0v) is 13.4. The number of nitrogens with zero attached hydrogens (tertiary/aromatic N) is 1. The van der Waals surface area contributed by atoms with Crippen molar-refractivity contribution in [2.45, 2.75) is 31.8 Å². The predicted octanol–water partition coefficient (Wildman–Crippen LogP) is 2.90. The molecule has 2 atom stereocenters. The fraction of sp³-hybridized carbons (Fsp3) is 0.333. The highest BCUT2D eigenvalue weighted by atomic mass is 19.1. The number of carbonyl (C=O) groups excluding carboxylic acids is 2. The van der Waals surface area contributed by atoms with Gasteiger partial charge in [-0.2, -0.15) is 0 Å². The van der Waals surface area contributed by atoms with E-state index in [2.05, 4.69) is 5.32 Å². The van der Waals surface area contributed by atoms with Gasteiger partial charge in [-0.05, 0) is 49.6 Å². The number of carbonyl (C=O) groups is 2. The second-order valence-corrected chi connectivity index (χ2v) is 5.92. The van der Waals surface area contributed by atoms with Crippen molar-refractivity contribution in [3.05, 3.63) is 59.8 Å². The topological polar surface area (TPSA) is 62.6 Å². The van der Waals surface area contributed by atoms with Gasteiger partial charge in [-0.3, -0.25) is 9.59 Å². The van der Waals surface area contributed by atoms with Crippen LogP contribution in [0.25, 0.3) is 0 Å². The van der Waals surface area contributed by atoms with Crippen LogP contribution < -0.4 is 5.32 Å². The normalized spacial score (nSPS) is 18.4. The first kappa shape index (κ1) is 16.2. The molecule has 1 saturated heterocycles. The molecule has 1 aliphatic heterocycles. The fourth-order valence-electron chi connectivity index (χ4n) is 2.97. The van der Waals surface area contributed by atoms with Gasteiger partial charge in [-0.15, -0.1) is 0 Å². The standard InChI is InChI=1S/C18H19FN2O3/c1-12(13-6-8-14(19)9-7-13)20-17(22)15-4-2-10-21(15)18(23)16-5-3-11-24-16/h3,5-9,11-12,15H,2,4,10H2,1H3,(H,20,22). The summed E-state index contributed by atoms with van der Waals surface area (Å²) in [6.07, 6.45) is 2.83. The molecule has 0 aliphatic carbocycles. The molecular formula is C18H19FN2O3. The molecule has 6 heteroatoms. The highest BCUT2D eigenvalue weighted by Crippen LogP contribution is 2.22. The number of hydrogen-bond donors (Lipinski definition) is 1. The highest BCUT2D eigenvalue weighted by molar-refractivity contribution is 5.96. The molecule has 2 heterocycles. The van der Waals surface area contributed by atoms with Crippen LogP contribution in [0, 0.1) is 5.82 Å². The smallest absolute Gasteiger partial charge is 0.290 e. The highest BCUT2D eigenvalue weighted by Gasteiger charge is 2.35. The van der Waals surface area contributed by atoms with Crippen LogP contribution in [0.1, 0.15) is 41.9 Å². The summed E-state index contributed by atoms with van der Waals surface area (Å²) in [6, 6.07) is 8.47. The Balaban J connectivity index is 1.67. The summed E-state index contributed by atoms with van der Waals surface area (Å²) in [7, 11) is 0. The lowest BCUT2D eigenvalue weighted by Gasteiger charge is -2.25. The number of furan rings is 1. The first-order chi connectivity index (χ1) is 11.6. The number of benzene rings is 1. The molecule has 1 N–H and O–H groups in total. The van der Waals surface area contributed by atoms with Gasteiger partial charge in [0.05, 0.1) is 12.3 Å². The number of likely N-dealkylation sites (tertiary alicyclic amines) is 1. The predicted molar refractivity (Wildman–Crippen MR) is 85.7 cm³/mol. The van der Waals surface area contributed by atoms with E-state index >= 15 is 0 Å². The first-order valence-electron chi connectivity index (χ1n) is 7.96. The van der Waals surface area contributed by atoms with E-state index in [1.165, 1.54) is 18.4 Å². The maximum atomic E-state index is 13.0. The van der Waals surface area contributed by atoms with E-state index in [1.807, 2.05) is 6.92 Å². The van der Waals surface area contributed by atoms with Crippen LogP contribution >= 0.6 is 0 Å². The summed E-state index contributed by atoms with van der Waals surface area (Å²) in [4.78, 5) is 26.5. The van der Waals surface area contributed by atoms with Crippen LogP contribution in [0.2, 0.25) is 0 Å². The van der Waals surface area contributed by atoms with Gasteiger partial charge >= 0.3 is 0 Å². The molecule has 1 fully saturated rings. The Kier molecular flexibility index (Phi) is 4.64. The van der Waals surface area contributed by atoms with Crippen LogP contribution in [-0.4, -0.2) is 29.3 Å². The molecule has 1 aliphatic rings.